The van der Waals surface area contributed by atoms with Crippen LogP contribution in [0.25, 0.3) is 0 Å². The average molecular weight is 273 g/mol. The lowest BCUT2D eigenvalue weighted by molar-refractivity contribution is -0.144. The molecule has 2 N–H and O–H groups in total. The first kappa shape index (κ1) is 14.9. The molecular formula is C10H19N5O2S. The van der Waals surface area contributed by atoms with Gasteiger partial charge in [-0.1, -0.05) is 18.7 Å². The molecule has 1 rings (SSSR count). The summed E-state index contributed by atoms with van der Waals surface area (Å²) in [6.07, 6.45) is 1.42. The Morgan fingerprint density at radius 2 is 2.33 bits per heavy atom. The van der Waals surface area contributed by atoms with Crippen LogP contribution in [0.3, 0.4) is 0 Å². The first-order valence-electron chi connectivity index (χ1n) is 5.83. The number of hydrogen-bond donors (Lipinski definition) is 2. The number of thioether (sulfide) groups is 1. The van der Waals surface area contributed by atoms with Gasteiger partial charge in [-0.2, -0.15) is 0 Å². The van der Waals surface area contributed by atoms with Crippen LogP contribution in [-0.4, -0.2) is 49.1 Å². The van der Waals surface area contributed by atoms with E-state index in [0.29, 0.717) is 23.9 Å². The molecule has 0 aromatic carbocycles. The van der Waals surface area contributed by atoms with Crippen molar-refractivity contribution in [2.75, 3.05) is 12.3 Å². The number of aryl methyl sites for hydroxylation is 1. The van der Waals surface area contributed by atoms with Crippen LogP contribution in [0, 0.1) is 0 Å². The second-order valence-electron chi connectivity index (χ2n) is 4.25. The zero-order chi connectivity index (χ0) is 13.6. The molecule has 0 radical (unpaired) electrons. The van der Waals surface area contributed by atoms with Gasteiger partial charge in [-0.25, -0.2) is 4.68 Å². The lowest BCUT2D eigenvalue weighted by Gasteiger charge is -2.25. The lowest BCUT2D eigenvalue weighted by Crippen LogP contribution is -2.50. The normalized spacial score (nSPS) is 14.4. The lowest BCUT2D eigenvalue weighted by atomic mass is 9.99. The van der Waals surface area contributed by atoms with Crippen molar-refractivity contribution in [3.8, 4) is 0 Å². The molecule has 0 fully saturated rings. The summed E-state index contributed by atoms with van der Waals surface area (Å²) in [6.45, 7) is 4.41. The molecule has 1 unspecified atom stereocenters. The van der Waals surface area contributed by atoms with Gasteiger partial charge in [0.25, 0.3) is 0 Å². The van der Waals surface area contributed by atoms with Crippen molar-refractivity contribution in [2.24, 2.45) is 7.05 Å². The Morgan fingerprint density at radius 1 is 1.61 bits per heavy atom. The van der Waals surface area contributed by atoms with Crippen molar-refractivity contribution < 1.29 is 9.90 Å². The van der Waals surface area contributed by atoms with Crippen molar-refractivity contribution in [2.45, 2.75) is 37.4 Å². The summed E-state index contributed by atoms with van der Waals surface area (Å²) in [7, 11) is 1.76. The molecule has 1 heterocycles. The smallest absolute Gasteiger partial charge is 0.323 e. The van der Waals surface area contributed by atoms with Gasteiger partial charge in [-0.05, 0) is 36.7 Å². The summed E-state index contributed by atoms with van der Waals surface area (Å²) in [5.41, 5.74) is -0.894. The maximum atomic E-state index is 11.3. The SMILES string of the molecule is CCCNC(C)(CCSc1nnnn1C)C(=O)O. The van der Waals surface area contributed by atoms with Gasteiger partial charge in [-0.15, -0.1) is 5.10 Å². The molecular weight excluding hydrogens is 254 g/mol. The Hall–Kier alpha value is -1.15. The van der Waals surface area contributed by atoms with Gasteiger partial charge in [0.1, 0.15) is 5.54 Å². The summed E-state index contributed by atoms with van der Waals surface area (Å²) in [5, 5.41) is 24.1. The minimum atomic E-state index is -0.894. The Morgan fingerprint density at radius 3 is 2.83 bits per heavy atom. The molecule has 0 aliphatic heterocycles. The molecule has 7 nitrogen and oxygen atoms in total. The third-order valence-corrected chi connectivity index (χ3v) is 3.66. The van der Waals surface area contributed by atoms with E-state index < -0.39 is 11.5 Å². The number of rotatable bonds is 8. The molecule has 1 aromatic rings. The van der Waals surface area contributed by atoms with Crippen molar-refractivity contribution >= 4 is 17.7 Å². The molecule has 0 saturated heterocycles. The predicted molar refractivity (Wildman–Crippen MR) is 68.5 cm³/mol. The number of nitrogens with zero attached hydrogens (tertiary/aromatic N) is 4. The van der Waals surface area contributed by atoms with Crippen molar-refractivity contribution in [3.63, 3.8) is 0 Å². The van der Waals surface area contributed by atoms with Crippen molar-refractivity contribution in [3.05, 3.63) is 0 Å². The van der Waals surface area contributed by atoms with E-state index >= 15 is 0 Å². The fourth-order valence-corrected chi connectivity index (χ4v) is 2.37. The van der Waals surface area contributed by atoms with Gasteiger partial charge in [0, 0.05) is 12.8 Å². The van der Waals surface area contributed by atoms with Crippen LogP contribution in [-0.2, 0) is 11.8 Å². The molecule has 0 bridgehead atoms. The number of aliphatic carboxylic acids is 1. The Balaban J connectivity index is 2.47. The molecule has 0 saturated carbocycles. The van der Waals surface area contributed by atoms with E-state index in [2.05, 4.69) is 20.8 Å². The third kappa shape index (κ3) is 3.95. The fraction of sp³-hybridized carbons (Fsp3) is 0.800. The van der Waals surface area contributed by atoms with E-state index in [9.17, 15) is 9.90 Å². The third-order valence-electron chi connectivity index (χ3n) is 2.65. The van der Waals surface area contributed by atoms with Gasteiger partial charge >= 0.3 is 5.97 Å². The van der Waals surface area contributed by atoms with Crippen LogP contribution < -0.4 is 5.32 Å². The number of hydrogen-bond acceptors (Lipinski definition) is 6. The Bertz CT molecular complexity index is 397. The molecule has 8 heteroatoms. The van der Waals surface area contributed by atoms with Crippen molar-refractivity contribution in [1.82, 2.24) is 25.5 Å². The predicted octanol–water partition coefficient (Wildman–Crippen LogP) is 0.535. The topological polar surface area (TPSA) is 92.9 Å². The largest absolute Gasteiger partial charge is 0.480 e. The molecule has 0 aliphatic rings. The maximum absolute atomic E-state index is 11.3. The highest BCUT2D eigenvalue weighted by molar-refractivity contribution is 7.99. The average Bonchev–Trinajstić information content (AvgIpc) is 2.72. The minimum absolute atomic E-state index is 0.514. The number of carboxylic acids is 1. The second-order valence-corrected chi connectivity index (χ2v) is 5.31. The first-order valence-corrected chi connectivity index (χ1v) is 6.81. The van der Waals surface area contributed by atoms with Crippen LogP contribution in [0.1, 0.15) is 26.7 Å². The van der Waals surface area contributed by atoms with Gasteiger partial charge in [-0.3, -0.25) is 4.79 Å². The van der Waals surface area contributed by atoms with Crippen LogP contribution >= 0.6 is 11.8 Å². The van der Waals surface area contributed by atoms with E-state index in [-0.39, 0.29) is 0 Å². The van der Waals surface area contributed by atoms with E-state index in [1.807, 2.05) is 6.92 Å². The Kier molecular flexibility index (Phi) is 5.54. The summed E-state index contributed by atoms with van der Waals surface area (Å²) < 4.78 is 1.57. The summed E-state index contributed by atoms with van der Waals surface area (Å²) in [5.74, 6) is -0.180. The van der Waals surface area contributed by atoms with Gasteiger partial charge < -0.3 is 10.4 Å². The number of tetrazole rings is 1. The number of nitrogens with one attached hydrogen (secondary N) is 1. The van der Waals surface area contributed by atoms with Gasteiger partial charge in [0.2, 0.25) is 5.16 Å². The number of carboxylic acid groups (broad SMARTS) is 1. The molecule has 0 aliphatic carbocycles. The molecule has 0 spiro atoms. The van der Waals surface area contributed by atoms with Crippen molar-refractivity contribution in [1.29, 1.82) is 0 Å². The van der Waals surface area contributed by atoms with E-state index in [1.165, 1.54) is 11.8 Å². The van der Waals surface area contributed by atoms with Gasteiger partial charge in [0.05, 0.1) is 0 Å². The van der Waals surface area contributed by atoms with Gasteiger partial charge in [0.15, 0.2) is 0 Å². The standard InChI is InChI=1S/C10H19N5O2S/c1-4-6-11-10(2,8(16)17)5-7-18-9-12-13-14-15(9)3/h11H,4-7H2,1-3H3,(H,16,17). The van der Waals surface area contributed by atoms with E-state index in [0.717, 1.165) is 6.42 Å². The molecule has 0 amide bonds. The number of aromatic nitrogens is 4. The molecule has 1 aromatic heterocycles. The Labute approximate surface area is 110 Å². The highest BCUT2D eigenvalue weighted by Crippen LogP contribution is 2.19. The highest BCUT2D eigenvalue weighted by atomic mass is 32.2. The second kappa shape index (κ2) is 6.69. The van der Waals surface area contributed by atoms with Crippen LogP contribution in [0.15, 0.2) is 5.16 Å². The van der Waals surface area contributed by atoms with Crippen LogP contribution in [0.2, 0.25) is 0 Å². The monoisotopic (exact) mass is 273 g/mol. The minimum Gasteiger partial charge on any atom is -0.480 e. The van der Waals surface area contributed by atoms with E-state index in [1.54, 1.807) is 18.7 Å². The summed E-state index contributed by atoms with van der Waals surface area (Å²) >= 11 is 1.45. The quantitative estimate of drug-likeness (QED) is 0.667. The van der Waals surface area contributed by atoms with Crippen LogP contribution in [0.5, 0.6) is 0 Å². The van der Waals surface area contributed by atoms with E-state index in [4.69, 9.17) is 0 Å². The summed E-state index contributed by atoms with van der Waals surface area (Å²) in [4.78, 5) is 11.3. The molecule has 18 heavy (non-hydrogen) atoms. The summed E-state index contributed by atoms with van der Waals surface area (Å²) in [6, 6.07) is 0. The van der Waals surface area contributed by atoms with Crippen LogP contribution in [0.4, 0.5) is 0 Å². The fourth-order valence-electron chi connectivity index (χ4n) is 1.36. The zero-order valence-electron chi connectivity index (χ0n) is 10.9. The molecule has 102 valence electrons. The highest BCUT2D eigenvalue weighted by Gasteiger charge is 2.31. The molecule has 1 atom stereocenters. The number of carbonyl (C=O) groups is 1. The zero-order valence-corrected chi connectivity index (χ0v) is 11.7. The maximum Gasteiger partial charge on any atom is 0.323 e. The first-order chi connectivity index (χ1) is 8.49.